The van der Waals surface area contributed by atoms with Gasteiger partial charge in [-0.2, -0.15) is 0 Å². The lowest BCUT2D eigenvalue weighted by molar-refractivity contribution is -0.114. The van der Waals surface area contributed by atoms with Crippen LogP contribution < -0.4 is 14.4 Å². The second kappa shape index (κ2) is 5.57. The number of fused-ring (bicyclic) bond motifs is 1. The molecule has 1 aromatic carbocycles. The molecule has 0 spiro atoms. The van der Waals surface area contributed by atoms with Crippen LogP contribution in [0.3, 0.4) is 0 Å². The number of aryl methyl sites for hydroxylation is 1. The summed E-state index contributed by atoms with van der Waals surface area (Å²) in [5.41, 5.74) is 0.669. The zero-order valence-electron chi connectivity index (χ0n) is 11.5. The first-order chi connectivity index (χ1) is 10.2. The van der Waals surface area contributed by atoms with Gasteiger partial charge < -0.3 is 9.47 Å². The van der Waals surface area contributed by atoms with Crippen LogP contribution in [0.1, 0.15) is 9.88 Å². The van der Waals surface area contributed by atoms with Crippen molar-refractivity contribution in [3.05, 3.63) is 46.9 Å². The fraction of sp³-hybridized carbons (Fsp3) is 0.200. The first kappa shape index (κ1) is 13.6. The number of nitrogens with zero attached hydrogens (tertiary/aromatic N) is 2. The fourth-order valence-corrected chi connectivity index (χ4v) is 2.91. The summed E-state index contributed by atoms with van der Waals surface area (Å²) >= 11 is 1.56. The molecule has 0 unspecified atom stereocenters. The monoisotopic (exact) mass is 302 g/mol. The van der Waals surface area contributed by atoms with Crippen LogP contribution in [0.2, 0.25) is 0 Å². The molecule has 6 heteroatoms. The van der Waals surface area contributed by atoms with Gasteiger partial charge in [0.2, 0.25) is 6.79 Å². The van der Waals surface area contributed by atoms with Gasteiger partial charge in [0, 0.05) is 11.1 Å². The maximum Gasteiger partial charge on any atom is 0.250 e. The van der Waals surface area contributed by atoms with Crippen molar-refractivity contribution >= 4 is 22.9 Å². The van der Waals surface area contributed by atoms with Crippen LogP contribution in [0.15, 0.2) is 37.1 Å². The van der Waals surface area contributed by atoms with Gasteiger partial charge in [0.1, 0.15) is 5.01 Å². The third kappa shape index (κ3) is 2.62. The molecule has 1 aromatic heterocycles. The molecule has 0 radical (unpaired) electrons. The van der Waals surface area contributed by atoms with E-state index in [1.54, 1.807) is 22.4 Å². The molecule has 2 heterocycles. The Bertz CT molecular complexity index is 696. The van der Waals surface area contributed by atoms with Crippen LogP contribution in [0.25, 0.3) is 0 Å². The largest absolute Gasteiger partial charge is 0.454 e. The number of para-hydroxylation sites is 1. The van der Waals surface area contributed by atoms with E-state index in [1.165, 1.54) is 6.08 Å². The molecule has 0 bridgehead atoms. The quantitative estimate of drug-likeness (QED) is 0.815. The first-order valence-electron chi connectivity index (χ1n) is 6.43. The van der Waals surface area contributed by atoms with E-state index < -0.39 is 0 Å². The number of hydrogen-bond donors (Lipinski definition) is 0. The molecule has 0 aliphatic carbocycles. The van der Waals surface area contributed by atoms with E-state index in [0.717, 1.165) is 9.88 Å². The second-order valence-corrected chi connectivity index (χ2v) is 5.82. The van der Waals surface area contributed by atoms with Gasteiger partial charge in [-0.15, -0.1) is 11.3 Å². The summed E-state index contributed by atoms with van der Waals surface area (Å²) in [4.78, 5) is 19.2. The van der Waals surface area contributed by atoms with Crippen molar-refractivity contribution in [1.29, 1.82) is 0 Å². The highest BCUT2D eigenvalue weighted by molar-refractivity contribution is 7.11. The van der Waals surface area contributed by atoms with Crippen LogP contribution >= 0.6 is 11.3 Å². The normalized spacial score (nSPS) is 12.2. The Kier molecular flexibility index (Phi) is 3.62. The number of rotatable bonds is 4. The molecule has 3 rings (SSSR count). The number of thiazole rings is 1. The van der Waals surface area contributed by atoms with Gasteiger partial charge in [-0.05, 0) is 25.1 Å². The summed E-state index contributed by atoms with van der Waals surface area (Å²) in [6.45, 7) is 6.09. The van der Waals surface area contributed by atoms with Crippen molar-refractivity contribution in [3.63, 3.8) is 0 Å². The van der Waals surface area contributed by atoms with Crippen LogP contribution in [-0.4, -0.2) is 17.7 Å². The SMILES string of the molecule is C=CC(=O)N(Cc1ncc(C)s1)c1cccc2c1OCO2. The third-order valence-corrected chi connectivity index (χ3v) is 3.97. The number of anilines is 1. The molecule has 21 heavy (non-hydrogen) atoms. The molecule has 1 aliphatic rings. The molecule has 0 atom stereocenters. The molecule has 1 amide bonds. The summed E-state index contributed by atoms with van der Waals surface area (Å²) < 4.78 is 10.8. The zero-order chi connectivity index (χ0) is 14.8. The number of hydrogen-bond acceptors (Lipinski definition) is 5. The number of amides is 1. The molecule has 0 saturated carbocycles. The molecule has 1 aliphatic heterocycles. The predicted molar refractivity (Wildman–Crippen MR) is 80.8 cm³/mol. The van der Waals surface area contributed by atoms with Crippen molar-refractivity contribution in [1.82, 2.24) is 4.98 Å². The van der Waals surface area contributed by atoms with Crippen LogP contribution in [0.5, 0.6) is 11.5 Å². The Morgan fingerprint density at radius 3 is 3.10 bits per heavy atom. The standard InChI is InChI=1S/C15H14N2O3S/c1-3-14(18)17(8-13-16-7-10(2)21-13)11-5-4-6-12-15(11)20-9-19-12/h3-7H,1,8-9H2,2H3. The summed E-state index contributed by atoms with van der Waals surface area (Å²) in [6, 6.07) is 5.48. The van der Waals surface area contributed by atoms with Crippen molar-refractivity contribution in [2.45, 2.75) is 13.5 Å². The van der Waals surface area contributed by atoms with Gasteiger partial charge >= 0.3 is 0 Å². The van der Waals surface area contributed by atoms with Gasteiger partial charge in [0.25, 0.3) is 5.91 Å². The topological polar surface area (TPSA) is 51.7 Å². The summed E-state index contributed by atoms with van der Waals surface area (Å²) in [5, 5.41) is 0.860. The van der Waals surface area contributed by atoms with Crippen molar-refractivity contribution in [2.24, 2.45) is 0 Å². The number of carbonyl (C=O) groups excluding carboxylic acids is 1. The van der Waals surface area contributed by atoms with E-state index in [-0.39, 0.29) is 12.7 Å². The molecule has 0 N–H and O–H groups in total. The fourth-order valence-electron chi connectivity index (χ4n) is 2.13. The minimum absolute atomic E-state index is 0.166. The number of aromatic nitrogens is 1. The molecular formula is C15H14N2O3S. The Morgan fingerprint density at radius 1 is 1.52 bits per heavy atom. The highest BCUT2D eigenvalue weighted by atomic mass is 32.1. The molecule has 0 fully saturated rings. The first-order valence-corrected chi connectivity index (χ1v) is 7.24. The smallest absolute Gasteiger partial charge is 0.250 e. The Morgan fingerprint density at radius 2 is 2.38 bits per heavy atom. The summed E-state index contributed by atoms with van der Waals surface area (Å²) in [6.07, 6.45) is 3.08. The minimum Gasteiger partial charge on any atom is -0.454 e. The van der Waals surface area contributed by atoms with Crippen LogP contribution in [-0.2, 0) is 11.3 Å². The number of carbonyl (C=O) groups is 1. The predicted octanol–water partition coefficient (Wildman–Crippen LogP) is 2.90. The van der Waals surface area contributed by atoms with Crippen molar-refractivity contribution < 1.29 is 14.3 Å². The summed E-state index contributed by atoms with van der Waals surface area (Å²) in [7, 11) is 0. The Hall–Kier alpha value is -2.34. The van der Waals surface area contributed by atoms with E-state index in [1.807, 2.05) is 25.1 Å². The van der Waals surface area contributed by atoms with E-state index in [0.29, 0.717) is 23.7 Å². The van der Waals surface area contributed by atoms with Gasteiger partial charge in [-0.1, -0.05) is 12.6 Å². The number of ether oxygens (including phenoxy) is 2. The van der Waals surface area contributed by atoms with E-state index in [9.17, 15) is 4.79 Å². The molecule has 2 aromatic rings. The Balaban J connectivity index is 1.98. The maximum atomic E-state index is 12.2. The third-order valence-electron chi connectivity index (χ3n) is 3.07. The van der Waals surface area contributed by atoms with E-state index in [2.05, 4.69) is 11.6 Å². The van der Waals surface area contributed by atoms with E-state index >= 15 is 0 Å². The average Bonchev–Trinajstić information content (AvgIpc) is 3.12. The second-order valence-electron chi connectivity index (χ2n) is 4.50. The highest BCUT2D eigenvalue weighted by Crippen LogP contribution is 2.41. The van der Waals surface area contributed by atoms with Gasteiger partial charge in [-0.25, -0.2) is 4.98 Å². The van der Waals surface area contributed by atoms with Gasteiger partial charge in [-0.3, -0.25) is 9.69 Å². The lowest BCUT2D eigenvalue weighted by Crippen LogP contribution is -2.28. The lowest BCUT2D eigenvalue weighted by Gasteiger charge is -2.21. The van der Waals surface area contributed by atoms with Crippen molar-refractivity contribution in [2.75, 3.05) is 11.7 Å². The van der Waals surface area contributed by atoms with Gasteiger partial charge in [0.15, 0.2) is 11.5 Å². The zero-order valence-corrected chi connectivity index (χ0v) is 12.4. The molecule has 108 valence electrons. The van der Waals surface area contributed by atoms with E-state index in [4.69, 9.17) is 9.47 Å². The number of benzene rings is 1. The highest BCUT2D eigenvalue weighted by Gasteiger charge is 2.24. The van der Waals surface area contributed by atoms with Gasteiger partial charge in [0.05, 0.1) is 12.2 Å². The van der Waals surface area contributed by atoms with Crippen molar-refractivity contribution in [3.8, 4) is 11.5 Å². The molecule has 5 nitrogen and oxygen atoms in total. The molecule has 0 saturated heterocycles. The Labute approximate surface area is 126 Å². The average molecular weight is 302 g/mol. The maximum absolute atomic E-state index is 12.2. The minimum atomic E-state index is -0.202. The van der Waals surface area contributed by atoms with Crippen LogP contribution in [0, 0.1) is 6.92 Å². The summed E-state index contributed by atoms with van der Waals surface area (Å²) in [5.74, 6) is 1.03. The lowest BCUT2D eigenvalue weighted by atomic mass is 10.2. The van der Waals surface area contributed by atoms with Crippen LogP contribution in [0.4, 0.5) is 5.69 Å². The molecular weight excluding hydrogens is 288 g/mol.